The molecule has 0 radical (unpaired) electrons. The Morgan fingerprint density at radius 3 is 1.50 bits per heavy atom. The first kappa shape index (κ1) is 16.4. The molecule has 0 aromatic heterocycles. The fraction of sp³-hybridized carbons (Fsp3) is 1.00. The second kappa shape index (κ2) is 6.36. The first-order valence-corrected chi connectivity index (χ1v) is 13.5. The van der Waals surface area contributed by atoms with Gasteiger partial charge in [0.05, 0.1) is 0 Å². The second-order valence-corrected chi connectivity index (χ2v) is 17.7. The molecule has 16 heavy (non-hydrogen) atoms. The van der Waals surface area contributed by atoms with Gasteiger partial charge < -0.3 is 4.57 Å². The lowest BCUT2D eigenvalue weighted by atomic mass is 10.4. The summed E-state index contributed by atoms with van der Waals surface area (Å²) < 4.78 is 2.84. The zero-order chi connectivity index (χ0) is 13.0. The second-order valence-electron chi connectivity index (χ2n) is 6.73. The molecule has 1 unspecified atom stereocenters. The minimum Gasteiger partial charge on any atom is -0.324 e. The molecular weight excluding hydrogens is 226 g/mol. The Kier molecular flexibility index (Phi) is 6.52. The van der Waals surface area contributed by atoms with Gasteiger partial charge in [0.25, 0.3) is 0 Å². The van der Waals surface area contributed by atoms with Crippen LogP contribution < -0.4 is 0 Å². The molecule has 0 N–H and O–H groups in total. The van der Waals surface area contributed by atoms with Crippen LogP contribution in [0, 0.1) is 0 Å². The van der Waals surface area contributed by atoms with Crippen LogP contribution in [-0.2, 0) is 0 Å². The van der Waals surface area contributed by atoms with Crippen molar-refractivity contribution in [2.75, 3.05) is 13.1 Å². The van der Waals surface area contributed by atoms with Crippen LogP contribution in [0.3, 0.4) is 0 Å². The Labute approximate surface area is 106 Å². The van der Waals surface area contributed by atoms with Gasteiger partial charge in [-0.2, -0.15) is 0 Å². The first-order chi connectivity index (χ1) is 7.17. The number of hydrogen-bond acceptors (Lipinski definition) is 1. The molecule has 0 spiro atoms. The van der Waals surface area contributed by atoms with Gasteiger partial charge in [-0.3, -0.25) is 0 Å². The van der Waals surface area contributed by atoms with Crippen LogP contribution in [0.4, 0.5) is 0 Å². The zero-order valence-corrected chi connectivity index (χ0v) is 14.9. The molecule has 0 aliphatic heterocycles. The third kappa shape index (κ3) is 4.34. The smallest absolute Gasteiger partial charge is 0.122 e. The first-order valence-electron chi connectivity index (χ1n) is 6.92. The SMILES string of the molecule is CCCN(CCC)[Si](C)(C)C(C)[Si](C)(C)C. The van der Waals surface area contributed by atoms with Crippen LogP contribution in [0.15, 0.2) is 0 Å². The maximum absolute atomic E-state index is 2.84. The molecule has 98 valence electrons. The lowest BCUT2D eigenvalue weighted by Gasteiger charge is -2.45. The molecule has 0 aliphatic rings. The molecule has 0 rings (SSSR count). The topological polar surface area (TPSA) is 3.24 Å². The highest BCUT2D eigenvalue weighted by Gasteiger charge is 2.41. The minimum atomic E-state index is -1.22. The van der Waals surface area contributed by atoms with Crippen LogP contribution in [-0.4, -0.2) is 34.0 Å². The molecule has 0 heterocycles. The van der Waals surface area contributed by atoms with Crippen LogP contribution in [0.5, 0.6) is 0 Å². The van der Waals surface area contributed by atoms with Crippen LogP contribution in [0.2, 0.25) is 37.9 Å². The molecule has 1 atom stereocenters. The van der Waals surface area contributed by atoms with Crippen molar-refractivity contribution in [2.45, 2.75) is 71.5 Å². The van der Waals surface area contributed by atoms with Crippen molar-refractivity contribution < 1.29 is 0 Å². The van der Waals surface area contributed by atoms with E-state index in [4.69, 9.17) is 0 Å². The summed E-state index contributed by atoms with van der Waals surface area (Å²) in [6, 6.07) is 0. The molecule has 0 amide bonds. The standard InChI is InChI=1S/C13H33NSi2/c1-9-11-14(12-10-2)16(7,8)13(3)15(4,5)6/h13H,9-12H2,1-8H3. The monoisotopic (exact) mass is 259 g/mol. The van der Waals surface area contributed by atoms with E-state index in [-0.39, 0.29) is 0 Å². The lowest BCUT2D eigenvalue weighted by molar-refractivity contribution is 0.415. The highest BCUT2D eigenvalue weighted by Crippen LogP contribution is 2.33. The van der Waals surface area contributed by atoms with E-state index in [1.807, 2.05) is 0 Å². The van der Waals surface area contributed by atoms with E-state index in [9.17, 15) is 0 Å². The molecule has 0 fully saturated rings. The van der Waals surface area contributed by atoms with Crippen molar-refractivity contribution >= 4 is 16.3 Å². The molecule has 3 heteroatoms. The summed E-state index contributed by atoms with van der Waals surface area (Å²) in [7, 11) is -2.22. The highest BCUT2D eigenvalue weighted by atomic mass is 28.4. The Bertz CT molecular complexity index is 191. The van der Waals surface area contributed by atoms with E-state index in [0.29, 0.717) is 0 Å². The number of nitrogens with zero attached hydrogens (tertiary/aromatic N) is 1. The zero-order valence-electron chi connectivity index (χ0n) is 12.9. The van der Waals surface area contributed by atoms with Gasteiger partial charge in [-0.25, -0.2) is 0 Å². The van der Waals surface area contributed by atoms with E-state index < -0.39 is 16.3 Å². The molecule has 0 aromatic carbocycles. The van der Waals surface area contributed by atoms with Crippen LogP contribution in [0.25, 0.3) is 0 Å². The lowest BCUT2D eigenvalue weighted by Crippen LogP contribution is -2.57. The highest BCUT2D eigenvalue weighted by molar-refractivity contribution is 6.95. The third-order valence-corrected chi connectivity index (χ3v) is 15.7. The van der Waals surface area contributed by atoms with E-state index in [1.54, 1.807) is 0 Å². The Hall–Kier alpha value is 0.394. The average molecular weight is 260 g/mol. The minimum absolute atomic E-state index is 0.970. The summed E-state index contributed by atoms with van der Waals surface area (Å²) in [5, 5.41) is 0.970. The molecule has 0 saturated carbocycles. The van der Waals surface area contributed by atoms with Crippen molar-refractivity contribution in [3.05, 3.63) is 0 Å². The Morgan fingerprint density at radius 2 is 1.25 bits per heavy atom. The van der Waals surface area contributed by atoms with E-state index in [1.165, 1.54) is 25.9 Å². The quantitative estimate of drug-likeness (QED) is 0.605. The Balaban J connectivity index is 4.81. The van der Waals surface area contributed by atoms with Gasteiger partial charge >= 0.3 is 0 Å². The Morgan fingerprint density at radius 1 is 0.875 bits per heavy atom. The summed E-state index contributed by atoms with van der Waals surface area (Å²) in [5.41, 5.74) is 0. The van der Waals surface area contributed by atoms with Gasteiger partial charge in [0, 0.05) is 8.07 Å². The van der Waals surface area contributed by atoms with Crippen molar-refractivity contribution in [1.82, 2.24) is 4.57 Å². The summed E-state index contributed by atoms with van der Waals surface area (Å²) in [5.74, 6) is 0. The van der Waals surface area contributed by atoms with Gasteiger partial charge in [-0.05, 0) is 31.1 Å². The molecule has 0 saturated heterocycles. The van der Waals surface area contributed by atoms with E-state index in [2.05, 4.69) is 58.1 Å². The number of hydrogen-bond donors (Lipinski definition) is 0. The average Bonchev–Trinajstić information content (AvgIpc) is 2.15. The molecular formula is C13H33NSi2. The van der Waals surface area contributed by atoms with Crippen LogP contribution >= 0.6 is 0 Å². The largest absolute Gasteiger partial charge is 0.324 e. The van der Waals surface area contributed by atoms with Crippen molar-refractivity contribution in [1.29, 1.82) is 0 Å². The molecule has 1 nitrogen and oxygen atoms in total. The predicted molar refractivity (Wildman–Crippen MR) is 82.4 cm³/mol. The summed E-state index contributed by atoms with van der Waals surface area (Å²) in [4.78, 5) is 0. The van der Waals surface area contributed by atoms with Gasteiger partial charge in [0.1, 0.15) is 8.24 Å². The fourth-order valence-electron chi connectivity index (χ4n) is 2.56. The number of rotatable bonds is 7. The maximum atomic E-state index is 2.84. The van der Waals surface area contributed by atoms with E-state index in [0.717, 1.165) is 5.16 Å². The van der Waals surface area contributed by atoms with E-state index >= 15 is 0 Å². The predicted octanol–water partition coefficient (Wildman–Crippen LogP) is 4.58. The summed E-state index contributed by atoms with van der Waals surface area (Å²) in [6.07, 6.45) is 2.60. The third-order valence-electron chi connectivity index (χ3n) is 4.16. The van der Waals surface area contributed by atoms with Crippen molar-refractivity contribution in [3.8, 4) is 0 Å². The molecule has 0 aromatic rings. The van der Waals surface area contributed by atoms with Gasteiger partial charge in [0.15, 0.2) is 0 Å². The van der Waals surface area contributed by atoms with Crippen molar-refractivity contribution in [3.63, 3.8) is 0 Å². The molecule has 0 bridgehead atoms. The summed E-state index contributed by atoms with van der Waals surface area (Å²) >= 11 is 0. The summed E-state index contributed by atoms with van der Waals surface area (Å²) in [6.45, 7) is 22.5. The normalized spacial score (nSPS) is 15.6. The van der Waals surface area contributed by atoms with Crippen LogP contribution in [0.1, 0.15) is 33.6 Å². The van der Waals surface area contributed by atoms with Gasteiger partial charge in [-0.15, -0.1) is 0 Å². The maximum Gasteiger partial charge on any atom is 0.122 e. The molecule has 0 aliphatic carbocycles. The van der Waals surface area contributed by atoms with Crippen molar-refractivity contribution in [2.24, 2.45) is 0 Å². The van der Waals surface area contributed by atoms with Gasteiger partial charge in [-0.1, -0.05) is 53.5 Å². The fourth-order valence-corrected chi connectivity index (χ4v) is 13.7. The van der Waals surface area contributed by atoms with Gasteiger partial charge in [0.2, 0.25) is 0 Å².